The highest BCUT2D eigenvalue weighted by Gasteiger charge is 2.24. The molecule has 2 N–H and O–H groups in total. The number of hydrogen-bond acceptors (Lipinski definition) is 6. The molecule has 0 bridgehead atoms. The lowest BCUT2D eigenvalue weighted by molar-refractivity contribution is 0.0952. The van der Waals surface area contributed by atoms with E-state index in [-0.39, 0.29) is 29.4 Å². The predicted octanol–water partition coefficient (Wildman–Crippen LogP) is 3.15. The van der Waals surface area contributed by atoms with Crippen molar-refractivity contribution in [2.45, 2.75) is 6.92 Å². The van der Waals surface area contributed by atoms with E-state index in [2.05, 4.69) is 41.7 Å². The first-order chi connectivity index (χ1) is 15.4. The number of halogens is 2. The number of pyridine rings is 2. The van der Waals surface area contributed by atoms with Gasteiger partial charge in [0, 0.05) is 12.3 Å². The highest BCUT2D eigenvalue weighted by molar-refractivity contribution is 9.10. The van der Waals surface area contributed by atoms with E-state index >= 15 is 0 Å². The zero-order valence-corrected chi connectivity index (χ0v) is 18.8. The number of rotatable bonds is 5. The van der Waals surface area contributed by atoms with Crippen molar-refractivity contribution < 1.29 is 9.59 Å². The molecule has 10 nitrogen and oxygen atoms in total. The van der Waals surface area contributed by atoms with Crippen LogP contribution < -0.4 is 10.6 Å². The molecular weight excluding hydrogens is 500 g/mol. The molecule has 0 atom stereocenters. The summed E-state index contributed by atoms with van der Waals surface area (Å²) in [6.07, 6.45) is 3.07. The quantitative estimate of drug-likeness (QED) is 0.394. The van der Waals surface area contributed by atoms with Crippen LogP contribution in [0, 0.1) is 18.3 Å². The molecule has 32 heavy (non-hydrogen) atoms. The maximum Gasteiger partial charge on any atom is 0.274 e. The van der Waals surface area contributed by atoms with Crippen molar-refractivity contribution in [2.24, 2.45) is 0 Å². The monoisotopic (exact) mass is 512 g/mol. The van der Waals surface area contributed by atoms with Crippen LogP contribution in [-0.4, -0.2) is 42.7 Å². The number of nitrogens with one attached hydrogen (secondary N) is 2. The van der Waals surface area contributed by atoms with Crippen molar-refractivity contribution in [3.8, 4) is 11.9 Å². The number of anilines is 1. The second-order valence-corrected chi connectivity index (χ2v) is 7.81. The summed E-state index contributed by atoms with van der Waals surface area (Å²) in [6, 6.07) is 10.2. The Morgan fingerprint density at radius 2 is 2.06 bits per heavy atom. The van der Waals surface area contributed by atoms with Gasteiger partial charge in [-0.25, -0.2) is 14.2 Å². The van der Waals surface area contributed by atoms with E-state index in [9.17, 15) is 9.59 Å². The molecule has 0 unspecified atom stereocenters. The molecule has 0 saturated heterocycles. The van der Waals surface area contributed by atoms with E-state index in [1.807, 2.05) is 6.07 Å². The summed E-state index contributed by atoms with van der Waals surface area (Å²) in [5, 5.41) is 22.9. The summed E-state index contributed by atoms with van der Waals surface area (Å²) >= 11 is 9.51. The Hall–Kier alpha value is -3.75. The average molecular weight is 514 g/mol. The molecule has 4 aromatic heterocycles. The number of hydrogen-bond donors (Lipinski definition) is 2. The van der Waals surface area contributed by atoms with Gasteiger partial charge < -0.3 is 10.6 Å². The highest BCUT2D eigenvalue weighted by atomic mass is 79.9. The molecule has 0 aliphatic heterocycles. The van der Waals surface area contributed by atoms with Gasteiger partial charge in [-0.3, -0.25) is 9.59 Å². The molecular formula is C20H14BrClN8O2. The standard InChI is InChI=1S/C20H14BrClN8O2/c1-11-9-12-4-7-26-29(12)17(20(32)25-8-5-23)16(11)27-19(31)14-10-15(21)28-30(14)18-13(22)3-2-6-24-18/h2-4,6-7,9-10H,8H2,1H3,(H,25,32)(H,27,31). The normalized spacial score (nSPS) is 10.7. The zero-order valence-electron chi connectivity index (χ0n) is 16.5. The first-order valence-electron chi connectivity index (χ1n) is 9.21. The van der Waals surface area contributed by atoms with Crippen LogP contribution in [0.1, 0.15) is 26.5 Å². The molecule has 2 amide bonds. The third kappa shape index (κ3) is 3.93. The first kappa shape index (κ1) is 21.5. The Balaban J connectivity index is 1.79. The maximum atomic E-state index is 13.3. The van der Waals surface area contributed by atoms with Crippen molar-refractivity contribution in [2.75, 3.05) is 11.9 Å². The smallest absolute Gasteiger partial charge is 0.274 e. The lowest BCUT2D eigenvalue weighted by Gasteiger charge is -2.15. The fourth-order valence-electron chi connectivity index (χ4n) is 3.15. The van der Waals surface area contributed by atoms with Crippen LogP contribution in [0.15, 0.2) is 47.3 Å². The molecule has 160 valence electrons. The fraction of sp³-hybridized carbons (Fsp3) is 0.100. The molecule has 0 aliphatic carbocycles. The van der Waals surface area contributed by atoms with E-state index in [0.717, 1.165) is 0 Å². The molecule has 0 saturated carbocycles. The van der Waals surface area contributed by atoms with E-state index in [1.54, 1.807) is 31.2 Å². The minimum atomic E-state index is -0.554. The second-order valence-electron chi connectivity index (χ2n) is 6.59. The Bertz CT molecular complexity index is 1400. The summed E-state index contributed by atoms with van der Waals surface area (Å²) in [5.41, 5.74) is 1.78. The van der Waals surface area contributed by atoms with E-state index < -0.39 is 11.8 Å². The van der Waals surface area contributed by atoms with Gasteiger partial charge in [-0.1, -0.05) is 11.6 Å². The van der Waals surface area contributed by atoms with Crippen molar-refractivity contribution in [3.63, 3.8) is 0 Å². The molecule has 0 spiro atoms. The summed E-state index contributed by atoms with van der Waals surface area (Å²) < 4.78 is 3.10. The number of carbonyl (C=O) groups excluding carboxylic acids is 2. The van der Waals surface area contributed by atoms with Crippen LogP contribution in [-0.2, 0) is 0 Å². The maximum absolute atomic E-state index is 13.3. The minimum Gasteiger partial charge on any atom is -0.338 e. The molecule has 4 heterocycles. The molecule has 0 radical (unpaired) electrons. The number of aromatic nitrogens is 5. The van der Waals surface area contributed by atoms with Crippen LogP contribution in [0.4, 0.5) is 5.69 Å². The van der Waals surface area contributed by atoms with E-state index in [0.29, 0.717) is 20.7 Å². The van der Waals surface area contributed by atoms with Gasteiger partial charge in [0.25, 0.3) is 11.8 Å². The molecule has 4 rings (SSSR count). The van der Waals surface area contributed by atoms with Crippen molar-refractivity contribution >= 4 is 50.5 Å². The lowest BCUT2D eigenvalue weighted by atomic mass is 10.1. The van der Waals surface area contributed by atoms with Crippen LogP contribution in [0.3, 0.4) is 0 Å². The number of nitriles is 1. The van der Waals surface area contributed by atoms with Crippen LogP contribution in [0.25, 0.3) is 11.3 Å². The van der Waals surface area contributed by atoms with Gasteiger partial charge in [0.2, 0.25) is 0 Å². The molecule has 0 fully saturated rings. The van der Waals surface area contributed by atoms with E-state index in [4.69, 9.17) is 16.9 Å². The summed E-state index contributed by atoms with van der Waals surface area (Å²) in [6.45, 7) is 1.56. The van der Waals surface area contributed by atoms with Crippen LogP contribution >= 0.6 is 27.5 Å². The van der Waals surface area contributed by atoms with Crippen LogP contribution in [0.2, 0.25) is 5.02 Å². The third-order valence-electron chi connectivity index (χ3n) is 4.51. The molecule has 12 heteroatoms. The zero-order chi connectivity index (χ0) is 22.8. The largest absolute Gasteiger partial charge is 0.338 e. The van der Waals surface area contributed by atoms with Gasteiger partial charge in [0.1, 0.15) is 16.8 Å². The Labute approximate surface area is 194 Å². The molecule has 0 aliphatic rings. The average Bonchev–Trinajstić information content (AvgIpc) is 3.38. The number of fused-ring (bicyclic) bond motifs is 1. The second kappa shape index (κ2) is 8.78. The predicted molar refractivity (Wildman–Crippen MR) is 120 cm³/mol. The van der Waals surface area contributed by atoms with Crippen molar-refractivity contribution in [1.82, 2.24) is 29.7 Å². The Morgan fingerprint density at radius 1 is 1.25 bits per heavy atom. The van der Waals surface area contributed by atoms with Crippen LogP contribution in [0.5, 0.6) is 0 Å². The topological polar surface area (TPSA) is 130 Å². The van der Waals surface area contributed by atoms with Gasteiger partial charge in [0.15, 0.2) is 11.5 Å². The number of amides is 2. The summed E-state index contributed by atoms with van der Waals surface area (Å²) in [7, 11) is 0. The molecule has 0 aromatic carbocycles. The SMILES string of the molecule is Cc1cc2ccnn2c(C(=O)NCC#N)c1NC(=O)c1cc(Br)nn1-c1ncccc1Cl. The van der Waals surface area contributed by atoms with Gasteiger partial charge >= 0.3 is 0 Å². The third-order valence-corrected chi connectivity index (χ3v) is 5.20. The van der Waals surface area contributed by atoms with Gasteiger partial charge in [-0.15, -0.1) is 0 Å². The lowest BCUT2D eigenvalue weighted by Crippen LogP contribution is -2.29. The summed E-state index contributed by atoms with van der Waals surface area (Å²) in [5.74, 6) is -0.827. The fourth-order valence-corrected chi connectivity index (χ4v) is 3.73. The Kier molecular flexibility index (Phi) is 5.89. The summed E-state index contributed by atoms with van der Waals surface area (Å²) in [4.78, 5) is 30.3. The van der Waals surface area contributed by atoms with Gasteiger partial charge in [-0.2, -0.15) is 15.5 Å². The first-order valence-corrected chi connectivity index (χ1v) is 10.4. The minimum absolute atomic E-state index is 0.0922. The molecule has 4 aromatic rings. The number of nitrogens with zero attached hydrogens (tertiary/aromatic N) is 6. The van der Waals surface area contributed by atoms with Gasteiger partial charge in [0.05, 0.1) is 28.5 Å². The van der Waals surface area contributed by atoms with Crippen molar-refractivity contribution in [3.05, 3.63) is 69.3 Å². The highest BCUT2D eigenvalue weighted by Crippen LogP contribution is 2.26. The number of aryl methyl sites for hydroxylation is 1. The Morgan fingerprint density at radius 3 is 2.81 bits per heavy atom. The van der Waals surface area contributed by atoms with Gasteiger partial charge in [-0.05, 0) is 52.7 Å². The number of carbonyl (C=O) groups is 2. The van der Waals surface area contributed by atoms with Crippen molar-refractivity contribution in [1.29, 1.82) is 5.26 Å². The van der Waals surface area contributed by atoms with E-state index in [1.165, 1.54) is 27.7 Å².